The molecule has 0 N–H and O–H groups in total. The van der Waals surface area contributed by atoms with Gasteiger partial charge in [0.25, 0.3) is 5.85 Å². The number of hydrogen-bond donors (Lipinski definition) is 0. The fraction of sp³-hybridized carbons (Fsp3) is 1.00. The third kappa shape index (κ3) is 6.77. The van der Waals surface area contributed by atoms with Crippen LogP contribution in [0, 0.1) is 0 Å². The molecule has 5 heteroatoms. The van der Waals surface area contributed by atoms with Crippen LogP contribution in [-0.2, 0) is 9.30 Å². The third-order valence-corrected chi connectivity index (χ3v) is 2.27. The van der Waals surface area contributed by atoms with E-state index in [1.165, 1.54) is 7.11 Å². The van der Waals surface area contributed by atoms with Crippen molar-refractivity contribution in [2.45, 2.75) is 0 Å². The lowest BCUT2D eigenvalue weighted by Gasteiger charge is -1.97. The van der Waals surface area contributed by atoms with Gasteiger partial charge in [-0.2, -0.15) is 0 Å². The predicted molar refractivity (Wildman–Crippen MR) is 36.1 cm³/mol. The van der Waals surface area contributed by atoms with Crippen LogP contribution in [-0.4, -0.2) is 19.9 Å². The molecule has 0 fully saturated rings. The van der Waals surface area contributed by atoms with E-state index in [1.54, 1.807) is 0 Å². The van der Waals surface area contributed by atoms with Crippen LogP contribution in [0.2, 0.25) is 0 Å². The van der Waals surface area contributed by atoms with Crippen LogP contribution in [0.15, 0.2) is 0 Å². The quantitative estimate of drug-likeness (QED) is 0.618. The van der Waals surface area contributed by atoms with Gasteiger partial charge in [0, 0.05) is 7.11 Å². The Balaban J connectivity index is 3.26. The van der Waals surface area contributed by atoms with Crippen molar-refractivity contribution < 1.29 is 9.30 Å². The van der Waals surface area contributed by atoms with Gasteiger partial charge in [-0.3, -0.25) is 4.57 Å². The Morgan fingerprint density at radius 1 is 1.62 bits per heavy atom. The Labute approximate surface area is 58.1 Å². The average molecular weight is 177 g/mol. The predicted octanol–water partition coefficient (Wildman–Crippen LogP) is 2.30. The molecule has 8 heavy (non-hydrogen) atoms. The van der Waals surface area contributed by atoms with Crippen LogP contribution in [0.4, 0.5) is 0 Å². The van der Waals surface area contributed by atoms with E-state index in [1.807, 2.05) is 0 Å². The van der Waals surface area contributed by atoms with Gasteiger partial charge in [0.2, 0.25) is 0 Å². The molecule has 2 nitrogen and oxygen atoms in total. The maximum atomic E-state index is 10.4. The molecule has 0 unspecified atom stereocenters. The fourth-order valence-corrected chi connectivity index (χ4v) is 1.01. The van der Waals surface area contributed by atoms with Crippen molar-refractivity contribution in [2.75, 3.05) is 19.9 Å². The summed E-state index contributed by atoms with van der Waals surface area (Å²) < 4.78 is 15.0. The molecule has 0 aliphatic rings. The zero-order valence-electron chi connectivity index (χ0n) is 4.43. The Morgan fingerprint density at radius 2 is 2.12 bits per heavy atom. The Kier molecular flexibility index (Phi) is 4.09. The van der Waals surface area contributed by atoms with Gasteiger partial charge < -0.3 is 4.74 Å². The van der Waals surface area contributed by atoms with E-state index >= 15 is 0 Å². The molecule has 0 atom stereocenters. The molecule has 0 spiro atoms. The summed E-state index contributed by atoms with van der Waals surface area (Å²) in [5.74, 6) is -2.86. The molecular formula is C3H7Cl2O2P. The highest BCUT2D eigenvalue weighted by atomic mass is 35.9. The largest absolute Gasteiger partial charge is 0.384 e. The Hall–Kier alpha value is 0.770. The van der Waals surface area contributed by atoms with Gasteiger partial charge in [-0.25, -0.2) is 0 Å². The summed E-state index contributed by atoms with van der Waals surface area (Å²) in [5, 5.41) is 0. The zero-order valence-corrected chi connectivity index (χ0v) is 6.84. The van der Waals surface area contributed by atoms with Crippen LogP contribution in [0.1, 0.15) is 0 Å². The van der Waals surface area contributed by atoms with E-state index in [-0.39, 0.29) is 6.16 Å². The van der Waals surface area contributed by atoms with Gasteiger partial charge in [-0.05, 0) is 22.5 Å². The van der Waals surface area contributed by atoms with E-state index in [9.17, 15) is 4.57 Å². The summed E-state index contributed by atoms with van der Waals surface area (Å²) in [6, 6.07) is 0. The van der Waals surface area contributed by atoms with Gasteiger partial charge >= 0.3 is 0 Å². The second-order valence-corrected chi connectivity index (χ2v) is 6.67. The molecule has 0 aliphatic carbocycles. The molecule has 0 saturated carbocycles. The highest BCUT2D eigenvalue weighted by molar-refractivity contribution is 8.08. The van der Waals surface area contributed by atoms with Crippen molar-refractivity contribution in [2.24, 2.45) is 0 Å². The van der Waals surface area contributed by atoms with Crippen molar-refractivity contribution in [3.8, 4) is 0 Å². The molecular weight excluding hydrogens is 170 g/mol. The molecule has 0 aromatic rings. The first-order valence-electron chi connectivity index (χ1n) is 2.03. The summed E-state index contributed by atoms with van der Waals surface area (Å²) >= 11 is 10.3. The second kappa shape index (κ2) is 3.73. The maximum Gasteiger partial charge on any atom is 0.255 e. The minimum absolute atomic E-state index is 0.229. The lowest BCUT2D eigenvalue weighted by Crippen LogP contribution is -1.90. The molecule has 0 amide bonds. The van der Waals surface area contributed by atoms with E-state index < -0.39 is 5.85 Å². The second-order valence-electron chi connectivity index (χ2n) is 1.29. The summed E-state index contributed by atoms with van der Waals surface area (Å²) in [5.41, 5.74) is 0. The normalized spacial score (nSPS) is 11.9. The SMILES string of the molecule is COCCP(=O)(Cl)Cl. The van der Waals surface area contributed by atoms with E-state index in [2.05, 4.69) is 4.74 Å². The summed E-state index contributed by atoms with van der Waals surface area (Å²) in [6.07, 6.45) is 0.229. The van der Waals surface area contributed by atoms with Crippen LogP contribution in [0.5, 0.6) is 0 Å². The molecule has 0 rings (SSSR count). The lowest BCUT2D eigenvalue weighted by atomic mass is 10.9. The number of hydrogen-bond acceptors (Lipinski definition) is 2. The molecule has 0 bridgehead atoms. The summed E-state index contributed by atoms with van der Waals surface area (Å²) in [4.78, 5) is 0. The summed E-state index contributed by atoms with van der Waals surface area (Å²) in [6.45, 7) is 0.351. The van der Waals surface area contributed by atoms with Crippen molar-refractivity contribution in [3.05, 3.63) is 0 Å². The molecule has 0 aliphatic heterocycles. The average Bonchev–Trinajstić information content (AvgIpc) is 1.59. The maximum absolute atomic E-state index is 10.4. The standard InChI is InChI=1S/C3H7Cl2O2P/c1-7-2-3-8(4,5)6/h2-3H2,1H3. The van der Waals surface area contributed by atoms with Crippen molar-refractivity contribution >= 4 is 28.3 Å². The van der Waals surface area contributed by atoms with Crippen molar-refractivity contribution in [1.82, 2.24) is 0 Å². The lowest BCUT2D eigenvalue weighted by molar-refractivity contribution is 0.217. The Morgan fingerprint density at radius 3 is 2.25 bits per heavy atom. The third-order valence-electron chi connectivity index (χ3n) is 0.556. The van der Waals surface area contributed by atoms with Gasteiger partial charge in [0.05, 0.1) is 12.8 Å². The van der Waals surface area contributed by atoms with E-state index in [0.29, 0.717) is 6.61 Å². The van der Waals surface area contributed by atoms with E-state index in [4.69, 9.17) is 22.5 Å². The summed E-state index contributed by atoms with van der Waals surface area (Å²) in [7, 11) is 1.50. The Bertz CT molecular complexity index is 99.5. The minimum atomic E-state index is -2.86. The zero-order chi connectivity index (χ0) is 6.62. The topological polar surface area (TPSA) is 26.3 Å². The molecule has 0 saturated heterocycles. The van der Waals surface area contributed by atoms with Crippen LogP contribution < -0.4 is 0 Å². The monoisotopic (exact) mass is 176 g/mol. The highest BCUT2D eigenvalue weighted by Gasteiger charge is 2.11. The smallest absolute Gasteiger partial charge is 0.255 e. The molecule has 0 radical (unpaired) electrons. The van der Waals surface area contributed by atoms with Crippen LogP contribution >= 0.6 is 28.3 Å². The molecule has 0 aromatic carbocycles. The van der Waals surface area contributed by atoms with Crippen molar-refractivity contribution in [3.63, 3.8) is 0 Å². The first-order valence-corrected chi connectivity index (χ1v) is 5.74. The van der Waals surface area contributed by atoms with Gasteiger partial charge in [0.1, 0.15) is 0 Å². The first-order chi connectivity index (χ1) is 3.56. The van der Waals surface area contributed by atoms with Crippen LogP contribution in [0.3, 0.4) is 0 Å². The van der Waals surface area contributed by atoms with E-state index in [0.717, 1.165) is 0 Å². The first kappa shape index (κ1) is 8.77. The number of methoxy groups -OCH3 is 1. The number of rotatable bonds is 3. The van der Waals surface area contributed by atoms with Gasteiger partial charge in [-0.1, -0.05) is 0 Å². The van der Waals surface area contributed by atoms with Gasteiger partial charge in [-0.15, -0.1) is 0 Å². The number of ether oxygens (including phenoxy) is 1. The van der Waals surface area contributed by atoms with Crippen LogP contribution in [0.25, 0.3) is 0 Å². The molecule has 0 heterocycles. The highest BCUT2D eigenvalue weighted by Crippen LogP contribution is 2.55. The number of halogens is 2. The molecule has 0 aromatic heterocycles. The van der Waals surface area contributed by atoms with Crippen molar-refractivity contribution in [1.29, 1.82) is 0 Å². The fourth-order valence-electron chi connectivity index (χ4n) is 0.198. The molecule has 50 valence electrons. The van der Waals surface area contributed by atoms with Gasteiger partial charge in [0.15, 0.2) is 0 Å². The minimum Gasteiger partial charge on any atom is -0.384 e.